The highest BCUT2D eigenvalue weighted by atomic mass is 35.5. The zero-order chi connectivity index (χ0) is 22.4. The third-order valence-corrected chi connectivity index (χ3v) is 5.84. The van der Waals surface area contributed by atoms with Gasteiger partial charge in [-0.05, 0) is 54.8 Å². The van der Waals surface area contributed by atoms with Crippen LogP contribution in [0.15, 0.2) is 48.5 Å². The number of primary amides is 1. The maximum absolute atomic E-state index is 13.3. The number of hydrogen-bond donors (Lipinski definition) is 1. The van der Waals surface area contributed by atoms with Gasteiger partial charge in [-0.25, -0.2) is 4.39 Å². The van der Waals surface area contributed by atoms with Crippen LogP contribution in [0.1, 0.15) is 37.7 Å². The van der Waals surface area contributed by atoms with Gasteiger partial charge in [-0.3, -0.25) is 14.4 Å². The van der Waals surface area contributed by atoms with Crippen molar-refractivity contribution in [2.45, 2.75) is 37.5 Å². The predicted molar refractivity (Wildman–Crippen MR) is 115 cm³/mol. The Balaban J connectivity index is 1.73. The number of rotatable bonds is 8. The summed E-state index contributed by atoms with van der Waals surface area (Å²) in [6.45, 7) is -0.496. The monoisotopic (exact) mass is 446 g/mol. The van der Waals surface area contributed by atoms with Gasteiger partial charge in [0.2, 0.25) is 5.91 Å². The minimum absolute atomic E-state index is 0.000321. The van der Waals surface area contributed by atoms with Crippen LogP contribution in [-0.2, 0) is 24.5 Å². The van der Waals surface area contributed by atoms with E-state index in [0.717, 1.165) is 18.4 Å². The number of amides is 2. The number of esters is 1. The summed E-state index contributed by atoms with van der Waals surface area (Å²) < 4.78 is 18.7. The van der Waals surface area contributed by atoms with E-state index in [1.54, 1.807) is 12.1 Å². The number of benzene rings is 2. The van der Waals surface area contributed by atoms with Crippen molar-refractivity contribution in [3.8, 4) is 0 Å². The summed E-state index contributed by atoms with van der Waals surface area (Å²) in [6, 6.07) is 12.3. The molecule has 0 radical (unpaired) electrons. The van der Waals surface area contributed by atoms with Crippen LogP contribution in [0.4, 0.5) is 10.1 Å². The highest BCUT2D eigenvalue weighted by molar-refractivity contribution is 6.30. The van der Waals surface area contributed by atoms with Crippen molar-refractivity contribution >= 4 is 35.1 Å². The predicted octanol–water partition coefficient (Wildman–Crippen LogP) is 3.74. The van der Waals surface area contributed by atoms with Crippen LogP contribution >= 0.6 is 11.6 Å². The molecule has 0 aliphatic heterocycles. The van der Waals surface area contributed by atoms with E-state index in [0.29, 0.717) is 23.6 Å². The SMILES string of the molecule is NC(=O)CCN(C(=O)COC(=O)C1(c2ccc(Cl)cc2)CCCC1)c1ccc(F)cc1. The molecule has 8 heteroatoms. The molecule has 0 heterocycles. The lowest BCUT2D eigenvalue weighted by molar-refractivity contribution is -0.153. The van der Waals surface area contributed by atoms with Crippen molar-refractivity contribution in [2.24, 2.45) is 5.73 Å². The lowest BCUT2D eigenvalue weighted by Crippen LogP contribution is -2.40. The van der Waals surface area contributed by atoms with Gasteiger partial charge in [-0.15, -0.1) is 0 Å². The normalized spacial score (nSPS) is 14.8. The average molecular weight is 447 g/mol. The van der Waals surface area contributed by atoms with Crippen LogP contribution in [0.25, 0.3) is 0 Å². The molecule has 3 rings (SSSR count). The molecular formula is C23H24ClFN2O4. The molecule has 31 heavy (non-hydrogen) atoms. The minimum atomic E-state index is -0.807. The molecule has 1 aliphatic carbocycles. The Morgan fingerprint density at radius 2 is 1.65 bits per heavy atom. The number of carbonyl (C=O) groups excluding carboxylic acids is 3. The maximum atomic E-state index is 13.3. The van der Waals surface area contributed by atoms with Crippen LogP contribution in [0, 0.1) is 5.82 Å². The number of nitrogens with zero attached hydrogens (tertiary/aromatic N) is 1. The van der Waals surface area contributed by atoms with Crippen LogP contribution < -0.4 is 10.6 Å². The largest absolute Gasteiger partial charge is 0.455 e. The van der Waals surface area contributed by atoms with Crippen molar-refractivity contribution in [2.75, 3.05) is 18.1 Å². The fourth-order valence-corrected chi connectivity index (χ4v) is 4.07. The summed E-state index contributed by atoms with van der Waals surface area (Å²) in [6.07, 6.45) is 2.94. The molecule has 1 saturated carbocycles. The first-order chi connectivity index (χ1) is 14.8. The molecular weight excluding hydrogens is 423 g/mol. The smallest absolute Gasteiger partial charge is 0.317 e. The second-order valence-electron chi connectivity index (χ2n) is 7.61. The Morgan fingerprint density at radius 1 is 1.03 bits per heavy atom. The third-order valence-electron chi connectivity index (χ3n) is 5.59. The van der Waals surface area contributed by atoms with Gasteiger partial charge in [-0.1, -0.05) is 36.6 Å². The molecule has 6 nitrogen and oxygen atoms in total. The Labute approximate surface area is 185 Å². The standard InChI is InChI=1S/C23H24ClFN2O4/c24-17-5-3-16(4-6-17)23(12-1-2-13-23)22(30)31-15-21(29)27(14-11-20(26)28)19-9-7-18(25)8-10-19/h3-10H,1-2,11-15H2,(H2,26,28). The van der Waals surface area contributed by atoms with E-state index in [4.69, 9.17) is 22.1 Å². The van der Waals surface area contributed by atoms with Gasteiger partial charge in [0.15, 0.2) is 6.61 Å². The fourth-order valence-electron chi connectivity index (χ4n) is 3.94. The van der Waals surface area contributed by atoms with E-state index < -0.39 is 35.6 Å². The van der Waals surface area contributed by atoms with Gasteiger partial charge >= 0.3 is 5.97 Å². The summed E-state index contributed by atoms with van der Waals surface area (Å²) in [7, 11) is 0. The summed E-state index contributed by atoms with van der Waals surface area (Å²) in [5, 5.41) is 0.574. The molecule has 0 bridgehead atoms. The molecule has 2 N–H and O–H groups in total. The summed E-state index contributed by atoms with van der Waals surface area (Å²) in [5.74, 6) is -2.02. The zero-order valence-electron chi connectivity index (χ0n) is 17.0. The summed E-state index contributed by atoms with van der Waals surface area (Å²) >= 11 is 5.98. The van der Waals surface area contributed by atoms with Crippen LogP contribution in [0.3, 0.4) is 0 Å². The van der Waals surface area contributed by atoms with Gasteiger partial charge in [0.05, 0.1) is 5.41 Å². The van der Waals surface area contributed by atoms with Crippen LogP contribution in [0.5, 0.6) is 0 Å². The van der Waals surface area contributed by atoms with E-state index in [1.807, 2.05) is 12.1 Å². The number of halogens is 2. The summed E-state index contributed by atoms with van der Waals surface area (Å²) in [4.78, 5) is 38.4. The molecule has 0 spiro atoms. The van der Waals surface area contributed by atoms with E-state index in [2.05, 4.69) is 0 Å². The zero-order valence-corrected chi connectivity index (χ0v) is 17.7. The first-order valence-electron chi connectivity index (χ1n) is 10.1. The van der Waals surface area contributed by atoms with Gasteiger partial charge in [-0.2, -0.15) is 0 Å². The second kappa shape index (κ2) is 9.92. The lowest BCUT2D eigenvalue weighted by atomic mass is 9.79. The minimum Gasteiger partial charge on any atom is -0.455 e. The third kappa shape index (κ3) is 5.41. The Bertz CT molecular complexity index is 941. The average Bonchev–Trinajstić information content (AvgIpc) is 3.25. The highest BCUT2D eigenvalue weighted by Gasteiger charge is 2.44. The molecule has 164 valence electrons. The van der Waals surface area contributed by atoms with Crippen molar-refractivity contribution in [3.05, 3.63) is 64.9 Å². The number of anilines is 1. The number of carbonyl (C=O) groups is 3. The molecule has 0 atom stereocenters. The van der Waals surface area contributed by atoms with Gasteiger partial charge in [0.25, 0.3) is 5.91 Å². The van der Waals surface area contributed by atoms with Gasteiger partial charge in [0.1, 0.15) is 5.82 Å². The number of hydrogen-bond acceptors (Lipinski definition) is 4. The maximum Gasteiger partial charge on any atom is 0.317 e. The summed E-state index contributed by atoms with van der Waals surface area (Å²) in [5.41, 5.74) is 5.60. The van der Waals surface area contributed by atoms with Gasteiger partial charge in [0, 0.05) is 23.7 Å². The highest BCUT2D eigenvalue weighted by Crippen LogP contribution is 2.42. The van der Waals surface area contributed by atoms with Crippen molar-refractivity contribution in [3.63, 3.8) is 0 Å². The molecule has 1 fully saturated rings. The van der Waals surface area contributed by atoms with E-state index >= 15 is 0 Å². The van der Waals surface area contributed by atoms with Gasteiger partial charge < -0.3 is 15.4 Å². The van der Waals surface area contributed by atoms with Crippen molar-refractivity contribution in [1.29, 1.82) is 0 Å². The van der Waals surface area contributed by atoms with Crippen LogP contribution in [-0.4, -0.2) is 30.9 Å². The number of ether oxygens (including phenoxy) is 1. The molecule has 2 amide bonds. The Kier molecular flexibility index (Phi) is 7.28. The Morgan fingerprint density at radius 3 is 2.23 bits per heavy atom. The first-order valence-corrected chi connectivity index (χ1v) is 10.5. The van der Waals surface area contributed by atoms with E-state index in [9.17, 15) is 18.8 Å². The van der Waals surface area contributed by atoms with Crippen molar-refractivity contribution < 1.29 is 23.5 Å². The molecule has 1 aliphatic rings. The molecule has 0 unspecified atom stereocenters. The molecule has 0 aromatic heterocycles. The quantitative estimate of drug-likeness (QED) is 0.625. The second-order valence-corrected chi connectivity index (χ2v) is 8.05. The van der Waals surface area contributed by atoms with Crippen LogP contribution in [0.2, 0.25) is 5.02 Å². The van der Waals surface area contributed by atoms with E-state index in [-0.39, 0.29) is 13.0 Å². The lowest BCUT2D eigenvalue weighted by Gasteiger charge is -2.28. The fraction of sp³-hybridized carbons (Fsp3) is 0.348. The Hall–Kier alpha value is -2.93. The molecule has 2 aromatic rings. The van der Waals surface area contributed by atoms with E-state index in [1.165, 1.54) is 29.2 Å². The van der Waals surface area contributed by atoms with Crippen molar-refractivity contribution in [1.82, 2.24) is 0 Å². The number of nitrogens with two attached hydrogens (primary N) is 1. The first kappa shape index (κ1) is 22.7. The topological polar surface area (TPSA) is 89.7 Å². The molecule has 2 aromatic carbocycles. The molecule has 0 saturated heterocycles.